The zero-order chi connectivity index (χ0) is 13.9. The molecule has 2 aromatic rings. The van der Waals surface area contributed by atoms with E-state index in [0.717, 1.165) is 19.0 Å². The molecule has 0 atom stereocenters. The number of rotatable bonds is 5. The topological polar surface area (TPSA) is 103 Å². The molecule has 1 saturated carbocycles. The van der Waals surface area contributed by atoms with Crippen molar-refractivity contribution in [2.24, 2.45) is 0 Å². The fourth-order valence-electron chi connectivity index (χ4n) is 1.58. The van der Waals surface area contributed by atoms with E-state index in [2.05, 4.69) is 20.3 Å². The molecular weight excluding hydrogens is 262 g/mol. The Labute approximate surface area is 114 Å². The fourth-order valence-corrected chi connectivity index (χ4v) is 1.58. The molecule has 0 unspecified atom stereocenters. The van der Waals surface area contributed by atoms with E-state index in [1.165, 1.54) is 6.20 Å². The molecule has 102 valence electrons. The zero-order valence-electron chi connectivity index (χ0n) is 10.4. The van der Waals surface area contributed by atoms with Crippen LogP contribution < -0.4 is 10.1 Å². The van der Waals surface area contributed by atoms with Gasteiger partial charge in [-0.3, -0.25) is 15.1 Å². The predicted molar refractivity (Wildman–Crippen MR) is 69.6 cm³/mol. The maximum Gasteiger partial charge on any atom is 0.329 e. The largest absolute Gasteiger partial charge is 0.423 e. The second-order valence-corrected chi connectivity index (χ2v) is 4.35. The van der Waals surface area contributed by atoms with Gasteiger partial charge in [-0.05, 0) is 25.0 Å². The van der Waals surface area contributed by atoms with Gasteiger partial charge in [0.05, 0.1) is 11.1 Å². The van der Waals surface area contributed by atoms with Gasteiger partial charge in [0.1, 0.15) is 11.9 Å². The summed E-state index contributed by atoms with van der Waals surface area (Å²) in [5, 5.41) is 13.9. The van der Waals surface area contributed by atoms with Crippen LogP contribution in [0.15, 0.2) is 30.7 Å². The Kier molecular flexibility index (Phi) is 3.12. The highest BCUT2D eigenvalue weighted by atomic mass is 16.6. The van der Waals surface area contributed by atoms with Crippen LogP contribution in [0.2, 0.25) is 0 Å². The summed E-state index contributed by atoms with van der Waals surface area (Å²) in [4.78, 5) is 22.2. The van der Waals surface area contributed by atoms with Crippen LogP contribution >= 0.6 is 0 Å². The van der Waals surface area contributed by atoms with Crippen molar-refractivity contribution in [3.05, 3.63) is 40.8 Å². The molecule has 0 bridgehead atoms. The van der Waals surface area contributed by atoms with E-state index >= 15 is 0 Å². The van der Waals surface area contributed by atoms with E-state index in [9.17, 15) is 10.1 Å². The average Bonchev–Trinajstić information content (AvgIpc) is 3.24. The molecule has 2 heterocycles. The highest BCUT2D eigenvalue weighted by Gasteiger charge is 2.26. The highest BCUT2D eigenvalue weighted by molar-refractivity contribution is 5.56. The third kappa shape index (κ3) is 2.79. The second-order valence-electron chi connectivity index (χ2n) is 4.35. The summed E-state index contributed by atoms with van der Waals surface area (Å²) in [6.45, 7) is 0. The van der Waals surface area contributed by atoms with Crippen LogP contribution in [0.5, 0.6) is 11.8 Å². The van der Waals surface area contributed by atoms with Crippen LogP contribution in [0.25, 0.3) is 0 Å². The van der Waals surface area contributed by atoms with Gasteiger partial charge in [0.15, 0.2) is 0 Å². The van der Waals surface area contributed by atoms with E-state index in [0.29, 0.717) is 5.75 Å². The summed E-state index contributed by atoms with van der Waals surface area (Å²) >= 11 is 0. The van der Waals surface area contributed by atoms with Gasteiger partial charge in [-0.1, -0.05) is 0 Å². The van der Waals surface area contributed by atoms with Crippen LogP contribution in [-0.4, -0.2) is 25.9 Å². The van der Waals surface area contributed by atoms with Crippen LogP contribution in [0.4, 0.5) is 11.5 Å². The Balaban J connectivity index is 1.86. The molecule has 3 rings (SSSR count). The average molecular weight is 273 g/mol. The Morgan fingerprint density at radius 3 is 2.90 bits per heavy atom. The molecule has 0 amide bonds. The maximum absolute atomic E-state index is 10.9. The number of nitrogens with zero attached hydrogens (tertiary/aromatic N) is 4. The smallest absolute Gasteiger partial charge is 0.329 e. The molecule has 0 aliphatic heterocycles. The fraction of sp³-hybridized carbons (Fsp3) is 0.250. The van der Waals surface area contributed by atoms with E-state index in [1.54, 1.807) is 18.3 Å². The monoisotopic (exact) mass is 273 g/mol. The van der Waals surface area contributed by atoms with Crippen molar-refractivity contribution < 1.29 is 9.66 Å². The summed E-state index contributed by atoms with van der Waals surface area (Å²) in [6.07, 6.45) is 6.24. The summed E-state index contributed by atoms with van der Waals surface area (Å²) in [6, 6.07) is 3.71. The van der Waals surface area contributed by atoms with Crippen molar-refractivity contribution in [2.75, 3.05) is 5.32 Å². The van der Waals surface area contributed by atoms with Gasteiger partial charge in [0.2, 0.25) is 5.82 Å². The lowest BCUT2D eigenvalue weighted by Crippen LogP contribution is -2.07. The first-order chi connectivity index (χ1) is 9.72. The van der Waals surface area contributed by atoms with E-state index in [4.69, 9.17) is 4.74 Å². The minimum absolute atomic E-state index is 0.0479. The van der Waals surface area contributed by atoms with Crippen molar-refractivity contribution >= 4 is 11.5 Å². The predicted octanol–water partition coefficient (Wildman–Crippen LogP) is 2.15. The Bertz CT molecular complexity index is 630. The van der Waals surface area contributed by atoms with Gasteiger partial charge in [0, 0.05) is 12.2 Å². The molecule has 20 heavy (non-hydrogen) atoms. The highest BCUT2D eigenvalue weighted by Crippen LogP contribution is 2.30. The summed E-state index contributed by atoms with van der Waals surface area (Å²) in [5.74, 6) is 0.658. The molecule has 0 spiro atoms. The lowest BCUT2D eigenvalue weighted by atomic mass is 10.4. The minimum atomic E-state index is -0.515. The Hall–Kier alpha value is -2.77. The molecule has 8 nitrogen and oxygen atoms in total. The standard InChI is InChI=1S/C12H11N5O3/c18-17(19)10-7-14-12(16-11(10)15-8-3-4-8)20-9-2-1-5-13-6-9/h1-2,5-8H,3-4H2,(H,14,15,16). The Morgan fingerprint density at radius 1 is 1.40 bits per heavy atom. The van der Waals surface area contributed by atoms with Crippen molar-refractivity contribution in [1.29, 1.82) is 0 Å². The van der Waals surface area contributed by atoms with Crippen molar-refractivity contribution in [3.63, 3.8) is 0 Å². The van der Waals surface area contributed by atoms with Crippen molar-refractivity contribution in [2.45, 2.75) is 18.9 Å². The quantitative estimate of drug-likeness (QED) is 0.657. The summed E-state index contributed by atoms with van der Waals surface area (Å²) in [7, 11) is 0. The molecule has 0 saturated heterocycles. The molecule has 1 N–H and O–H groups in total. The van der Waals surface area contributed by atoms with Crippen molar-refractivity contribution in [3.8, 4) is 11.8 Å². The third-order valence-electron chi connectivity index (χ3n) is 2.71. The molecule has 0 aromatic carbocycles. The van der Waals surface area contributed by atoms with Gasteiger partial charge >= 0.3 is 11.7 Å². The minimum Gasteiger partial charge on any atom is -0.423 e. The lowest BCUT2D eigenvalue weighted by molar-refractivity contribution is -0.384. The number of aromatic nitrogens is 3. The maximum atomic E-state index is 10.9. The number of anilines is 1. The molecule has 8 heteroatoms. The van der Waals surface area contributed by atoms with Gasteiger partial charge in [-0.25, -0.2) is 0 Å². The molecule has 0 radical (unpaired) electrons. The van der Waals surface area contributed by atoms with E-state index < -0.39 is 4.92 Å². The first kappa shape index (κ1) is 12.3. The number of hydrogen-bond acceptors (Lipinski definition) is 7. The normalized spacial score (nSPS) is 13.8. The molecule has 1 aliphatic carbocycles. The van der Waals surface area contributed by atoms with Gasteiger partial charge < -0.3 is 10.1 Å². The van der Waals surface area contributed by atoms with Crippen LogP contribution in [0.3, 0.4) is 0 Å². The molecule has 1 aliphatic rings. The number of nitrogens with one attached hydrogen (secondary N) is 1. The lowest BCUT2D eigenvalue weighted by Gasteiger charge is -2.07. The number of nitro groups is 1. The zero-order valence-corrected chi connectivity index (χ0v) is 10.4. The SMILES string of the molecule is O=[N+]([O-])c1cnc(Oc2cccnc2)nc1NC1CC1. The molecule has 2 aromatic heterocycles. The first-order valence-corrected chi connectivity index (χ1v) is 6.08. The Morgan fingerprint density at radius 2 is 2.25 bits per heavy atom. The van der Waals surface area contributed by atoms with Crippen LogP contribution in [-0.2, 0) is 0 Å². The molecule has 1 fully saturated rings. The van der Waals surface area contributed by atoms with Crippen LogP contribution in [0.1, 0.15) is 12.8 Å². The van der Waals surface area contributed by atoms with E-state index in [1.807, 2.05) is 0 Å². The number of hydrogen-bond donors (Lipinski definition) is 1. The first-order valence-electron chi connectivity index (χ1n) is 6.08. The number of ether oxygens (including phenoxy) is 1. The third-order valence-corrected chi connectivity index (χ3v) is 2.71. The summed E-state index contributed by atoms with van der Waals surface area (Å²) in [5.41, 5.74) is -0.157. The van der Waals surface area contributed by atoms with Gasteiger partial charge in [-0.15, -0.1) is 0 Å². The van der Waals surface area contributed by atoms with Crippen LogP contribution in [0, 0.1) is 10.1 Å². The van der Waals surface area contributed by atoms with Gasteiger partial charge in [-0.2, -0.15) is 9.97 Å². The van der Waals surface area contributed by atoms with E-state index in [-0.39, 0.29) is 23.6 Å². The van der Waals surface area contributed by atoms with Crippen molar-refractivity contribution in [1.82, 2.24) is 15.0 Å². The molecular formula is C12H11N5O3. The summed E-state index contributed by atoms with van der Waals surface area (Å²) < 4.78 is 5.41. The second kappa shape index (κ2) is 5.08. The number of pyridine rings is 1. The van der Waals surface area contributed by atoms with Gasteiger partial charge in [0.25, 0.3) is 0 Å².